The molecule has 0 heterocycles. The van der Waals surface area contributed by atoms with Crippen molar-refractivity contribution >= 4 is 0 Å². The predicted molar refractivity (Wildman–Crippen MR) is 32.9 cm³/mol. The fourth-order valence-corrected chi connectivity index (χ4v) is 0.519. The van der Waals surface area contributed by atoms with Gasteiger partial charge in [-0.25, -0.2) is 0 Å². The third-order valence-corrected chi connectivity index (χ3v) is 1.57. The highest BCUT2D eigenvalue weighted by Gasteiger charge is 2.75. The van der Waals surface area contributed by atoms with Gasteiger partial charge in [0, 0.05) is 0 Å². The van der Waals surface area contributed by atoms with Crippen LogP contribution in [-0.2, 0) is 4.74 Å². The van der Waals surface area contributed by atoms with Crippen LogP contribution in [0.1, 0.15) is 0 Å². The van der Waals surface area contributed by atoms with Crippen molar-refractivity contribution in [2.75, 3.05) is 6.61 Å². The summed E-state index contributed by atoms with van der Waals surface area (Å²) in [6.45, 7) is -3.39. The van der Waals surface area contributed by atoms with Crippen molar-refractivity contribution < 1.29 is 57.4 Å². The number of rotatable bonds is 4. The van der Waals surface area contributed by atoms with Gasteiger partial charge in [0.15, 0.2) is 0 Å². The molecule has 0 atom stereocenters. The first kappa shape index (κ1) is 18.1. The SMILES string of the molecule is FC(F)(F)C(F)(F)COC(F)(F)C(F)(F)C(F)(F)F. The lowest BCUT2D eigenvalue weighted by Crippen LogP contribution is -2.55. The Balaban J connectivity index is 5.01. The largest absolute Gasteiger partial charge is 0.462 e. The van der Waals surface area contributed by atoms with Crippen molar-refractivity contribution in [3.05, 3.63) is 0 Å². The molecule has 19 heavy (non-hydrogen) atoms. The summed E-state index contributed by atoms with van der Waals surface area (Å²) in [6, 6.07) is 0. The molecule has 1 nitrogen and oxygen atoms in total. The molecule has 0 aromatic heterocycles. The van der Waals surface area contributed by atoms with Crippen molar-refractivity contribution in [1.82, 2.24) is 0 Å². The maximum Gasteiger partial charge on any atom is 0.462 e. The van der Waals surface area contributed by atoms with E-state index in [-0.39, 0.29) is 0 Å². The molecular formula is C6H2F12O. The highest BCUT2D eigenvalue weighted by atomic mass is 19.4. The molecule has 0 aliphatic rings. The molecule has 0 bridgehead atoms. The Morgan fingerprint density at radius 2 is 0.947 bits per heavy atom. The molecule has 0 aliphatic carbocycles. The van der Waals surface area contributed by atoms with Gasteiger partial charge in [-0.05, 0) is 0 Å². The first-order chi connectivity index (χ1) is 7.96. The zero-order valence-electron chi connectivity index (χ0n) is 8.15. The van der Waals surface area contributed by atoms with Crippen molar-refractivity contribution in [2.45, 2.75) is 30.3 Å². The summed E-state index contributed by atoms with van der Waals surface area (Å²) in [5.74, 6) is -12.9. The van der Waals surface area contributed by atoms with Crippen molar-refractivity contribution in [1.29, 1.82) is 0 Å². The van der Waals surface area contributed by atoms with E-state index in [0.29, 0.717) is 0 Å². The van der Waals surface area contributed by atoms with Gasteiger partial charge in [-0.15, -0.1) is 0 Å². The van der Waals surface area contributed by atoms with Gasteiger partial charge in [0.1, 0.15) is 6.61 Å². The maximum atomic E-state index is 12.2. The van der Waals surface area contributed by atoms with E-state index in [0.717, 1.165) is 0 Å². The van der Waals surface area contributed by atoms with Gasteiger partial charge in [0.2, 0.25) is 0 Å². The Labute approximate surface area is 95.7 Å². The van der Waals surface area contributed by atoms with E-state index in [1.165, 1.54) is 0 Å². The highest BCUT2D eigenvalue weighted by molar-refractivity contribution is 4.86. The Morgan fingerprint density at radius 1 is 0.579 bits per heavy atom. The minimum Gasteiger partial charge on any atom is -0.309 e. The fraction of sp³-hybridized carbons (Fsp3) is 1.00. The topological polar surface area (TPSA) is 9.23 Å². The Morgan fingerprint density at radius 3 is 1.21 bits per heavy atom. The van der Waals surface area contributed by atoms with Crippen LogP contribution in [-0.4, -0.2) is 36.9 Å². The van der Waals surface area contributed by atoms with Gasteiger partial charge >= 0.3 is 30.3 Å². The number of alkyl halides is 12. The quantitative estimate of drug-likeness (QED) is 0.712. The van der Waals surface area contributed by atoms with Crippen molar-refractivity contribution in [3.63, 3.8) is 0 Å². The molecule has 0 aromatic carbocycles. The third kappa shape index (κ3) is 3.57. The summed E-state index contributed by atoms with van der Waals surface area (Å²) in [7, 11) is 0. The molecule has 0 amide bonds. The monoisotopic (exact) mass is 318 g/mol. The van der Waals surface area contributed by atoms with Gasteiger partial charge in [-0.2, -0.15) is 52.7 Å². The molecule has 0 unspecified atom stereocenters. The van der Waals surface area contributed by atoms with Crippen LogP contribution in [0.3, 0.4) is 0 Å². The van der Waals surface area contributed by atoms with E-state index in [4.69, 9.17) is 0 Å². The summed E-state index contributed by atoms with van der Waals surface area (Å²) < 4.78 is 144. The van der Waals surface area contributed by atoms with E-state index in [1.54, 1.807) is 0 Å². The van der Waals surface area contributed by atoms with E-state index in [9.17, 15) is 52.7 Å². The van der Waals surface area contributed by atoms with Crippen LogP contribution in [0.25, 0.3) is 0 Å². The summed E-state index contributed by atoms with van der Waals surface area (Å²) >= 11 is 0. The molecule has 0 aliphatic heterocycles. The van der Waals surface area contributed by atoms with Crippen LogP contribution in [0.4, 0.5) is 52.7 Å². The van der Waals surface area contributed by atoms with Crippen LogP contribution in [0.5, 0.6) is 0 Å². The molecule has 0 radical (unpaired) electrons. The summed E-state index contributed by atoms with van der Waals surface area (Å²) in [6.07, 6.45) is -19.9. The summed E-state index contributed by atoms with van der Waals surface area (Å²) in [4.78, 5) is 0. The molecule has 0 saturated carbocycles. The van der Waals surface area contributed by atoms with Crippen LogP contribution in [0, 0.1) is 0 Å². The molecule has 0 aromatic rings. The minimum absolute atomic E-state index is 2.14. The zero-order valence-corrected chi connectivity index (χ0v) is 8.15. The Hall–Kier alpha value is -0.880. The van der Waals surface area contributed by atoms with Gasteiger partial charge in [-0.1, -0.05) is 0 Å². The summed E-state index contributed by atoms with van der Waals surface area (Å²) in [5.41, 5.74) is 0. The molecule has 0 fully saturated rings. The lowest BCUT2D eigenvalue weighted by molar-refractivity contribution is -0.435. The second-order valence-electron chi connectivity index (χ2n) is 3.08. The van der Waals surface area contributed by atoms with E-state index in [2.05, 4.69) is 4.74 Å². The third-order valence-electron chi connectivity index (χ3n) is 1.57. The Bertz CT molecular complexity index is 311. The molecule has 13 heteroatoms. The normalized spacial score (nSPS) is 15.8. The molecule has 0 rings (SSSR count). The average Bonchev–Trinajstić information content (AvgIpc) is 2.11. The molecule has 116 valence electrons. The maximum absolute atomic E-state index is 12.2. The zero-order chi connectivity index (χ0) is 15.9. The minimum atomic E-state index is -6.93. The van der Waals surface area contributed by atoms with Gasteiger partial charge in [-0.3, -0.25) is 0 Å². The second-order valence-corrected chi connectivity index (χ2v) is 3.08. The van der Waals surface area contributed by atoms with Crippen LogP contribution in [0.15, 0.2) is 0 Å². The smallest absolute Gasteiger partial charge is 0.309 e. The predicted octanol–water partition coefficient (Wildman–Crippen LogP) is 3.99. The van der Waals surface area contributed by atoms with Crippen LogP contribution < -0.4 is 0 Å². The van der Waals surface area contributed by atoms with E-state index >= 15 is 0 Å². The average molecular weight is 318 g/mol. The second kappa shape index (κ2) is 4.59. The number of halogens is 12. The van der Waals surface area contributed by atoms with E-state index < -0.39 is 36.9 Å². The van der Waals surface area contributed by atoms with Gasteiger partial charge in [0.05, 0.1) is 0 Å². The standard InChI is InChI=1S/C6H2F12O/c7-2(8,4(11,12)13)1-19-6(17,18)3(9,10)5(14,15)16/h1H2. The fourth-order valence-electron chi connectivity index (χ4n) is 0.519. The van der Waals surface area contributed by atoms with Gasteiger partial charge in [0.25, 0.3) is 0 Å². The number of ether oxygens (including phenoxy) is 1. The summed E-state index contributed by atoms with van der Waals surface area (Å²) in [5, 5.41) is 0. The highest BCUT2D eigenvalue weighted by Crippen LogP contribution is 2.48. The Kier molecular flexibility index (Phi) is 4.38. The number of hydrogen-bond acceptors (Lipinski definition) is 1. The lowest BCUT2D eigenvalue weighted by atomic mass is 10.3. The van der Waals surface area contributed by atoms with Gasteiger partial charge < -0.3 is 4.74 Å². The van der Waals surface area contributed by atoms with E-state index in [1.807, 2.05) is 0 Å². The first-order valence-corrected chi connectivity index (χ1v) is 3.86. The number of hydrogen-bond donors (Lipinski definition) is 0. The van der Waals surface area contributed by atoms with Crippen molar-refractivity contribution in [3.8, 4) is 0 Å². The molecule has 0 N–H and O–H groups in total. The van der Waals surface area contributed by atoms with Crippen molar-refractivity contribution in [2.24, 2.45) is 0 Å². The molecular weight excluding hydrogens is 316 g/mol. The van der Waals surface area contributed by atoms with Crippen LogP contribution in [0.2, 0.25) is 0 Å². The molecule has 0 saturated heterocycles. The lowest BCUT2D eigenvalue weighted by Gasteiger charge is -2.29. The first-order valence-electron chi connectivity index (χ1n) is 3.86. The molecule has 0 spiro atoms. The van der Waals surface area contributed by atoms with Crippen LogP contribution >= 0.6 is 0 Å².